The molecule has 0 aliphatic rings. The fraction of sp³-hybridized carbons (Fsp3) is 0.591. The van der Waals surface area contributed by atoms with Gasteiger partial charge in [-0.2, -0.15) is 0 Å². The zero-order valence-electron chi connectivity index (χ0n) is 20.9. The predicted molar refractivity (Wildman–Crippen MR) is 176 cm³/mol. The van der Waals surface area contributed by atoms with Gasteiger partial charge in [-0.15, -0.1) is 0 Å². The summed E-state index contributed by atoms with van der Waals surface area (Å²) < 4.78 is 18.3. The van der Waals surface area contributed by atoms with Crippen LogP contribution in [0.3, 0.4) is 0 Å². The molecule has 0 fully saturated rings. The third-order valence-corrected chi connectivity index (χ3v) is 9.65. The lowest BCUT2D eigenvalue weighted by molar-refractivity contribution is 0.0855. The van der Waals surface area contributed by atoms with Crippen molar-refractivity contribution in [2.24, 2.45) is 0 Å². The highest BCUT2D eigenvalue weighted by atomic mass is 127. The van der Waals surface area contributed by atoms with Crippen LogP contribution in [0.25, 0.3) is 0 Å². The van der Waals surface area contributed by atoms with E-state index in [0.717, 1.165) is 24.3 Å². The molecule has 0 bridgehead atoms. The number of aromatic amines is 1. The van der Waals surface area contributed by atoms with E-state index in [9.17, 15) is 0 Å². The maximum Gasteiger partial charge on any atom is 0.124 e. The minimum absolute atomic E-state index is 0. The van der Waals surface area contributed by atoms with E-state index in [1.807, 2.05) is 21.5 Å². The number of halogens is 3. The molecule has 0 aromatic carbocycles. The molecule has 8 nitrogen and oxygen atoms in total. The van der Waals surface area contributed by atoms with Crippen molar-refractivity contribution in [2.75, 3.05) is 13.2 Å². The fourth-order valence-electron chi connectivity index (χ4n) is 2.13. The van der Waals surface area contributed by atoms with E-state index in [0.29, 0.717) is 13.5 Å². The van der Waals surface area contributed by atoms with Crippen molar-refractivity contribution in [1.82, 2.24) is 29.1 Å². The zero-order valence-corrected chi connectivity index (χ0v) is 29.4. The summed E-state index contributed by atoms with van der Waals surface area (Å²) in [5.41, 5.74) is 0. The highest BCUT2D eigenvalue weighted by Crippen LogP contribution is 2.09. The molecule has 13 heteroatoms. The molecule has 0 radical (unpaired) electrons. The second-order valence-electron chi connectivity index (χ2n) is 9.99. The molecular weight excluding hydrogens is 817 g/mol. The van der Waals surface area contributed by atoms with Crippen molar-refractivity contribution in [1.29, 1.82) is 0 Å². The maximum absolute atomic E-state index is 5.59. The monoisotopic (exact) mass is 858 g/mol. The first-order valence-electron chi connectivity index (χ1n) is 11.0. The Morgan fingerprint density at radius 2 is 1.46 bits per heavy atom. The summed E-state index contributed by atoms with van der Waals surface area (Å²) in [6, 6.07) is 2.44. The highest BCUT2D eigenvalue weighted by molar-refractivity contribution is 14.1. The maximum atomic E-state index is 5.59. The van der Waals surface area contributed by atoms with Gasteiger partial charge in [0.25, 0.3) is 0 Å². The summed E-state index contributed by atoms with van der Waals surface area (Å²) in [5.74, 6) is 0. The van der Waals surface area contributed by atoms with Gasteiger partial charge in [-0.05, 0) is 79.9 Å². The Morgan fingerprint density at radius 3 is 1.83 bits per heavy atom. The Bertz CT molecular complexity index is 909. The highest BCUT2D eigenvalue weighted by Gasteiger charge is 2.12. The molecule has 0 aliphatic heterocycles. The van der Waals surface area contributed by atoms with Gasteiger partial charge in [0.15, 0.2) is 0 Å². The number of nitrogens with zero attached hydrogens (tertiary/aromatic N) is 5. The van der Waals surface area contributed by atoms with E-state index in [2.05, 4.69) is 127 Å². The number of H-pyrrole nitrogens is 1. The molecule has 0 atom stereocenters. The third kappa shape index (κ3) is 19.9. The standard InChI is InChI=1S/2C9H17IN2OSi.C3H3IN2.CH4/c1-14(2,3)5-4-13-8-12-6-9(10)11-7-12;1-14(2,3)5-4-13-8-12-7-11-6-9(12)10;4-3-1-5-2-6-3;/h2*6-7H,4-5,8H2,1-3H3;1-2H,(H,5,6);1H4. The van der Waals surface area contributed by atoms with Crippen LogP contribution in [0, 0.1) is 11.1 Å². The average Bonchev–Trinajstić information content (AvgIpc) is 3.46. The third-order valence-electron chi connectivity index (χ3n) is 4.19. The molecule has 200 valence electrons. The molecule has 3 aromatic heterocycles. The van der Waals surface area contributed by atoms with E-state index >= 15 is 0 Å². The van der Waals surface area contributed by atoms with E-state index in [1.54, 1.807) is 25.2 Å². The quantitative estimate of drug-likeness (QED) is 0.132. The molecule has 0 amide bonds. The van der Waals surface area contributed by atoms with Gasteiger partial charge in [0.2, 0.25) is 0 Å². The molecule has 0 spiro atoms. The van der Waals surface area contributed by atoms with Crippen LogP contribution in [0.1, 0.15) is 7.43 Å². The average molecular weight is 858 g/mol. The first kappa shape index (κ1) is 35.2. The van der Waals surface area contributed by atoms with E-state index < -0.39 is 16.1 Å². The number of ether oxygens (including phenoxy) is 2. The van der Waals surface area contributed by atoms with Crippen LogP contribution < -0.4 is 0 Å². The Labute approximate surface area is 254 Å². The number of imidazole rings is 3. The van der Waals surface area contributed by atoms with Gasteiger partial charge in [-0.1, -0.05) is 46.7 Å². The van der Waals surface area contributed by atoms with Gasteiger partial charge in [0.1, 0.15) is 20.9 Å². The van der Waals surface area contributed by atoms with Crippen LogP contribution in [0.4, 0.5) is 0 Å². The number of hydrogen-bond acceptors (Lipinski definition) is 5. The lowest BCUT2D eigenvalue weighted by atomic mass is 10.8. The topological polar surface area (TPSA) is 82.8 Å². The van der Waals surface area contributed by atoms with Crippen LogP contribution in [0.2, 0.25) is 51.4 Å². The fourth-order valence-corrected chi connectivity index (χ4v) is 4.85. The number of aromatic nitrogens is 6. The van der Waals surface area contributed by atoms with Crippen LogP contribution >= 0.6 is 67.8 Å². The van der Waals surface area contributed by atoms with Crippen molar-refractivity contribution in [3.63, 3.8) is 0 Å². The molecule has 0 unspecified atom stereocenters. The molecule has 35 heavy (non-hydrogen) atoms. The zero-order chi connectivity index (χ0) is 25.6. The Morgan fingerprint density at radius 1 is 0.857 bits per heavy atom. The second kappa shape index (κ2) is 18.4. The van der Waals surface area contributed by atoms with Gasteiger partial charge in [0.05, 0.1) is 35.1 Å². The Kier molecular flexibility index (Phi) is 18.5. The predicted octanol–water partition coefficient (Wildman–Crippen LogP) is 7.25. The summed E-state index contributed by atoms with van der Waals surface area (Å²) in [6.45, 7) is 17.1. The summed E-state index contributed by atoms with van der Waals surface area (Å²) in [4.78, 5) is 14.8. The van der Waals surface area contributed by atoms with Crippen molar-refractivity contribution >= 4 is 83.9 Å². The minimum atomic E-state index is -0.945. The molecule has 3 aromatic rings. The lowest BCUT2D eigenvalue weighted by Gasteiger charge is -2.15. The number of rotatable bonds is 10. The van der Waals surface area contributed by atoms with Crippen LogP contribution in [-0.2, 0) is 22.9 Å². The first-order chi connectivity index (χ1) is 15.9. The normalized spacial score (nSPS) is 11.1. The van der Waals surface area contributed by atoms with Crippen molar-refractivity contribution in [3.05, 3.63) is 48.7 Å². The Hall–Kier alpha value is 0.174. The van der Waals surface area contributed by atoms with Crippen LogP contribution in [0.15, 0.2) is 37.6 Å². The van der Waals surface area contributed by atoms with Gasteiger partial charge in [-0.3, -0.25) is 0 Å². The van der Waals surface area contributed by atoms with E-state index in [4.69, 9.17) is 9.47 Å². The van der Waals surface area contributed by atoms with Gasteiger partial charge in [-0.25, -0.2) is 15.0 Å². The molecule has 0 saturated carbocycles. The number of nitrogens with one attached hydrogen (secondary N) is 1. The molecule has 0 saturated heterocycles. The minimum Gasteiger partial charge on any atom is -0.361 e. The molecular formula is C22H41I3N6O2Si2. The van der Waals surface area contributed by atoms with Gasteiger partial charge < -0.3 is 23.6 Å². The lowest BCUT2D eigenvalue weighted by Crippen LogP contribution is -2.22. The molecule has 0 aliphatic carbocycles. The van der Waals surface area contributed by atoms with E-state index in [-0.39, 0.29) is 7.43 Å². The van der Waals surface area contributed by atoms with Gasteiger partial charge >= 0.3 is 0 Å². The van der Waals surface area contributed by atoms with Crippen molar-refractivity contribution in [3.8, 4) is 0 Å². The van der Waals surface area contributed by atoms with Crippen LogP contribution in [0.5, 0.6) is 0 Å². The largest absolute Gasteiger partial charge is 0.361 e. The van der Waals surface area contributed by atoms with Crippen molar-refractivity contribution < 1.29 is 9.47 Å². The van der Waals surface area contributed by atoms with Gasteiger partial charge in [0, 0.05) is 35.6 Å². The Balaban J connectivity index is 0.000000524. The first-order valence-corrected chi connectivity index (χ1v) is 21.6. The number of hydrogen-bond donors (Lipinski definition) is 1. The SMILES string of the molecule is C.C[Si](C)(C)CCOCn1cnc(I)c1.C[Si](C)(C)CCOCn1cncc1I.Ic1cnc[nH]1. The molecule has 1 N–H and O–H groups in total. The summed E-state index contributed by atoms with van der Waals surface area (Å²) in [6.07, 6.45) is 10.8. The van der Waals surface area contributed by atoms with Crippen LogP contribution in [-0.4, -0.2) is 58.4 Å². The summed E-state index contributed by atoms with van der Waals surface area (Å²) in [5, 5.41) is 0. The smallest absolute Gasteiger partial charge is 0.124 e. The summed E-state index contributed by atoms with van der Waals surface area (Å²) in [7, 11) is -1.89. The second-order valence-corrected chi connectivity index (χ2v) is 24.6. The molecule has 3 heterocycles. The van der Waals surface area contributed by atoms with E-state index in [1.165, 1.54) is 12.1 Å². The van der Waals surface area contributed by atoms with Crippen molar-refractivity contribution in [2.45, 2.75) is 72.3 Å². The molecule has 3 rings (SSSR count). The summed E-state index contributed by atoms with van der Waals surface area (Å²) >= 11 is 6.60.